The van der Waals surface area contributed by atoms with Gasteiger partial charge in [0.05, 0.1) is 16.5 Å². The summed E-state index contributed by atoms with van der Waals surface area (Å²) in [6.07, 6.45) is 4.41. The van der Waals surface area contributed by atoms with E-state index < -0.39 is 0 Å². The predicted octanol–water partition coefficient (Wildman–Crippen LogP) is 5.87. The Balaban J connectivity index is 1.68. The molecule has 0 radical (unpaired) electrons. The van der Waals surface area contributed by atoms with Gasteiger partial charge in [0.15, 0.2) is 11.5 Å². The van der Waals surface area contributed by atoms with Gasteiger partial charge in [-0.15, -0.1) is 6.58 Å². The first-order chi connectivity index (χ1) is 15.5. The maximum atomic E-state index is 12.5. The van der Waals surface area contributed by atoms with E-state index in [1.54, 1.807) is 12.0 Å². The third-order valence-electron chi connectivity index (χ3n) is 4.66. The molecule has 0 aliphatic carbocycles. The van der Waals surface area contributed by atoms with Crippen LogP contribution < -0.4 is 14.2 Å². The zero-order valence-corrected chi connectivity index (χ0v) is 21.1. The standard InChI is InChI=1S/C24H24BrNO4S2/c1-4-8-17-9-6-7-10-19(17)29-11-12-30-22-18(25)13-16(14-20(22)28-3)15-21-23(27)26(5-2)24(31)32-21/h4,6-7,9-10,13-15H,1,5,8,11-12H2,2-3H3. The molecule has 0 N–H and O–H groups in total. The molecule has 1 heterocycles. The zero-order valence-electron chi connectivity index (χ0n) is 17.9. The number of para-hydroxylation sites is 1. The van der Waals surface area contributed by atoms with Crippen LogP contribution in [0, 0.1) is 0 Å². The van der Waals surface area contributed by atoms with E-state index in [1.165, 1.54) is 11.8 Å². The fourth-order valence-electron chi connectivity index (χ4n) is 3.15. The van der Waals surface area contributed by atoms with Crippen molar-refractivity contribution in [2.75, 3.05) is 26.9 Å². The number of allylic oxidation sites excluding steroid dienone is 1. The van der Waals surface area contributed by atoms with Crippen LogP contribution in [0.5, 0.6) is 17.2 Å². The number of thioether (sulfide) groups is 1. The molecule has 0 aromatic heterocycles. The first-order valence-corrected chi connectivity index (χ1v) is 12.1. The molecule has 0 bridgehead atoms. The number of benzene rings is 2. The summed E-state index contributed by atoms with van der Waals surface area (Å²) in [5.41, 5.74) is 1.89. The van der Waals surface area contributed by atoms with E-state index >= 15 is 0 Å². The number of hydrogen-bond acceptors (Lipinski definition) is 6. The van der Waals surface area contributed by atoms with E-state index in [9.17, 15) is 4.79 Å². The van der Waals surface area contributed by atoms with Crippen molar-refractivity contribution in [2.24, 2.45) is 0 Å². The minimum Gasteiger partial charge on any atom is -0.493 e. The van der Waals surface area contributed by atoms with Crippen molar-refractivity contribution >= 4 is 56.2 Å². The topological polar surface area (TPSA) is 48.0 Å². The molecule has 0 spiro atoms. The Morgan fingerprint density at radius 2 is 1.94 bits per heavy atom. The van der Waals surface area contributed by atoms with Crippen LogP contribution in [0.1, 0.15) is 18.1 Å². The van der Waals surface area contributed by atoms with Crippen LogP contribution >= 0.6 is 39.9 Å². The molecule has 1 fully saturated rings. The largest absolute Gasteiger partial charge is 0.493 e. The second kappa shape index (κ2) is 11.5. The van der Waals surface area contributed by atoms with Crippen LogP contribution in [-0.4, -0.2) is 42.0 Å². The molecule has 0 unspecified atom stereocenters. The number of thiocarbonyl (C=S) groups is 1. The van der Waals surface area contributed by atoms with Crippen LogP contribution in [0.3, 0.4) is 0 Å². The molecular formula is C24H24BrNO4S2. The SMILES string of the molecule is C=CCc1ccccc1OCCOc1c(Br)cc(C=C2SC(=S)N(CC)C2=O)cc1OC. The van der Waals surface area contributed by atoms with E-state index in [0.29, 0.717) is 40.5 Å². The van der Waals surface area contributed by atoms with Gasteiger partial charge < -0.3 is 14.2 Å². The van der Waals surface area contributed by atoms with E-state index in [0.717, 1.165) is 27.8 Å². The van der Waals surface area contributed by atoms with Crippen molar-refractivity contribution < 1.29 is 19.0 Å². The van der Waals surface area contributed by atoms with Gasteiger partial charge in [-0.05, 0) is 64.7 Å². The van der Waals surface area contributed by atoms with E-state index in [-0.39, 0.29) is 5.91 Å². The summed E-state index contributed by atoms with van der Waals surface area (Å²) in [5.74, 6) is 1.88. The number of nitrogens with zero attached hydrogens (tertiary/aromatic N) is 1. The molecule has 2 aromatic rings. The van der Waals surface area contributed by atoms with Crippen LogP contribution in [0.4, 0.5) is 0 Å². The minimum atomic E-state index is -0.0770. The Labute approximate surface area is 206 Å². The van der Waals surface area contributed by atoms with Crippen LogP contribution in [-0.2, 0) is 11.2 Å². The molecule has 8 heteroatoms. The van der Waals surface area contributed by atoms with Crippen molar-refractivity contribution in [3.8, 4) is 17.2 Å². The lowest BCUT2D eigenvalue weighted by Gasteiger charge is -2.15. The molecule has 1 saturated heterocycles. The Hall–Kier alpha value is -2.29. The van der Waals surface area contributed by atoms with Gasteiger partial charge in [-0.2, -0.15) is 0 Å². The summed E-state index contributed by atoms with van der Waals surface area (Å²) in [6, 6.07) is 11.6. The van der Waals surface area contributed by atoms with E-state index in [2.05, 4.69) is 22.5 Å². The monoisotopic (exact) mass is 533 g/mol. The van der Waals surface area contributed by atoms with Gasteiger partial charge in [0, 0.05) is 6.54 Å². The number of methoxy groups -OCH3 is 1. The maximum Gasteiger partial charge on any atom is 0.266 e. The molecule has 1 aliphatic heterocycles. The highest BCUT2D eigenvalue weighted by molar-refractivity contribution is 9.10. The maximum absolute atomic E-state index is 12.5. The molecule has 168 valence electrons. The average Bonchev–Trinajstić information content (AvgIpc) is 3.05. The normalized spacial score (nSPS) is 14.7. The third-order valence-corrected chi connectivity index (χ3v) is 6.63. The third kappa shape index (κ3) is 5.74. The van der Waals surface area contributed by atoms with Gasteiger partial charge in [-0.25, -0.2) is 0 Å². The molecule has 32 heavy (non-hydrogen) atoms. The minimum absolute atomic E-state index is 0.0770. The second-order valence-electron chi connectivity index (χ2n) is 6.76. The number of ether oxygens (including phenoxy) is 3. The van der Waals surface area contributed by atoms with Crippen molar-refractivity contribution in [1.82, 2.24) is 4.90 Å². The highest BCUT2D eigenvalue weighted by Crippen LogP contribution is 2.39. The van der Waals surface area contributed by atoms with Crippen LogP contribution in [0.25, 0.3) is 6.08 Å². The number of carbonyl (C=O) groups excluding carboxylic acids is 1. The van der Waals surface area contributed by atoms with E-state index in [1.807, 2.05) is 55.5 Å². The lowest BCUT2D eigenvalue weighted by atomic mass is 10.1. The van der Waals surface area contributed by atoms with Gasteiger partial charge >= 0.3 is 0 Å². The molecule has 1 aliphatic rings. The highest BCUT2D eigenvalue weighted by atomic mass is 79.9. The van der Waals surface area contributed by atoms with Crippen LogP contribution in [0.15, 0.2) is 58.4 Å². The predicted molar refractivity (Wildman–Crippen MR) is 138 cm³/mol. The molecule has 0 saturated carbocycles. The number of amides is 1. The lowest BCUT2D eigenvalue weighted by molar-refractivity contribution is -0.121. The molecular weight excluding hydrogens is 510 g/mol. The quantitative estimate of drug-likeness (QED) is 0.165. The fourth-order valence-corrected chi connectivity index (χ4v) is 5.11. The number of rotatable bonds is 10. The number of carbonyl (C=O) groups is 1. The Kier molecular flexibility index (Phi) is 8.78. The molecule has 1 amide bonds. The summed E-state index contributed by atoms with van der Waals surface area (Å²) in [6.45, 7) is 6.97. The molecule has 0 atom stereocenters. The van der Waals surface area contributed by atoms with Gasteiger partial charge in [-0.1, -0.05) is 48.3 Å². The van der Waals surface area contributed by atoms with Crippen molar-refractivity contribution in [3.05, 3.63) is 69.6 Å². The Bertz CT molecular complexity index is 1050. The smallest absolute Gasteiger partial charge is 0.266 e. The van der Waals surface area contributed by atoms with Crippen LogP contribution in [0.2, 0.25) is 0 Å². The number of halogens is 1. The second-order valence-corrected chi connectivity index (χ2v) is 9.29. The van der Waals surface area contributed by atoms with Crippen molar-refractivity contribution in [2.45, 2.75) is 13.3 Å². The first-order valence-electron chi connectivity index (χ1n) is 10.1. The molecule has 5 nitrogen and oxygen atoms in total. The molecule has 3 rings (SSSR count). The van der Waals surface area contributed by atoms with Crippen molar-refractivity contribution in [1.29, 1.82) is 0 Å². The molecule has 2 aromatic carbocycles. The highest BCUT2D eigenvalue weighted by Gasteiger charge is 2.30. The van der Waals surface area contributed by atoms with Gasteiger partial charge in [0.2, 0.25) is 0 Å². The fraction of sp³-hybridized carbons (Fsp3) is 0.250. The Morgan fingerprint density at radius 1 is 1.19 bits per heavy atom. The summed E-state index contributed by atoms with van der Waals surface area (Å²) in [5, 5.41) is 0. The summed E-state index contributed by atoms with van der Waals surface area (Å²) in [7, 11) is 1.58. The number of likely N-dealkylation sites (N-methyl/N-ethyl adjacent to an activating group) is 1. The summed E-state index contributed by atoms with van der Waals surface area (Å²) < 4.78 is 18.6. The first kappa shape index (κ1) is 24.4. The summed E-state index contributed by atoms with van der Waals surface area (Å²) >= 11 is 10.1. The zero-order chi connectivity index (χ0) is 23.1. The van der Waals surface area contributed by atoms with Gasteiger partial charge in [0.25, 0.3) is 5.91 Å². The van der Waals surface area contributed by atoms with Gasteiger partial charge in [0.1, 0.15) is 23.3 Å². The van der Waals surface area contributed by atoms with Crippen molar-refractivity contribution in [3.63, 3.8) is 0 Å². The average molecular weight is 534 g/mol. The van der Waals surface area contributed by atoms with E-state index in [4.69, 9.17) is 26.4 Å². The summed E-state index contributed by atoms with van der Waals surface area (Å²) in [4.78, 5) is 14.7. The number of hydrogen-bond donors (Lipinski definition) is 0. The Morgan fingerprint density at radius 3 is 2.62 bits per heavy atom. The lowest BCUT2D eigenvalue weighted by Crippen LogP contribution is -2.27. The van der Waals surface area contributed by atoms with Gasteiger partial charge in [-0.3, -0.25) is 9.69 Å².